The van der Waals surface area contributed by atoms with E-state index >= 15 is 0 Å². The normalized spacial score (nSPS) is 30.6. The predicted molar refractivity (Wildman–Crippen MR) is 69.4 cm³/mol. The number of benzene rings is 1. The quantitative estimate of drug-likeness (QED) is 0.673. The summed E-state index contributed by atoms with van der Waals surface area (Å²) in [6.07, 6.45) is 4.15. The lowest BCUT2D eigenvalue weighted by atomic mass is 9.68. The van der Waals surface area contributed by atoms with Gasteiger partial charge in [0.15, 0.2) is 0 Å². The van der Waals surface area contributed by atoms with Crippen LogP contribution in [-0.4, -0.2) is 0 Å². The Labute approximate surface area is 100 Å². The lowest BCUT2D eigenvalue weighted by molar-refractivity contribution is 0.197. The van der Waals surface area contributed by atoms with Crippen LogP contribution in [-0.2, 0) is 0 Å². The highest BCUT2D eigenvalue weighted by Crippen LogP contribution is 2.43. The second-order valence-electron chi connectivity index (χ2n) is 5.75. The van der Waals surface area contributed by atoms with Crippen LogP contribution in [0.3, 0.4) is 0 Å². The average Bonchev–Trinajstić information content (AvgIpc) is 2.29. The van der Waals surface area contributed by atoms with Gasteiger partial charge in [-0.3, -0.25) is 0 Å². The summed E-state index contributed by atoms with van der Waals surface area (Å²) in [5.74, 6) is 3.28. The van der Waals surface area contributed by atoms with E-state index in [2.05, 4.69) is 51.1 Å². The molecule has 1 radical (unpaired) electrons. The maximum Gasteiger partial charge on any atom is -0.0122 e. The highest BCUT2D eigenvalue weighted by molar-refractivity contribution is 5.20. The van der Waals surface area contributed by atoms with Crippen molar-refractivity contribution in [2.75, 3.05) is 0 Å². The average molecular weight is 215 g/mol. The molecule has 1 aliphatic rings. The molecular formula is C16H23. The van der Waals surface area contributed by atoms with E-state index in [1.54, 1.807) is 0 Å². The van der Waals surface area contributed by atoms with Crippen molar-refractivity contribution in [3.8, 4) is 0 Å². The van der Waals surface area contributed by atoms with Crippen LogP contribution in [0.15, 0.2) is 24.3 Å². The van der Waals surface area contributed by atoms with Crippen LogP contribution < -0.4 is 0 Å². The third kappa shape index (κ3) is 2.48. The predicted octanol–water partition coefficient (Wildman–Crippen LogP) is 4.66. The Morgan fingerprint density at radius 3 is 2.69 bits per heavy atom. The van der Waals surface area contributed by atoms with Crippen LogP contribution >= 0.6 is 0 Å². The van der Waals surface area contributed by atoms with Gasteiger partial charge in [0, 0.05) is 0 Å². The van der Waals surface area contributed by atoms with Crippen molar-refractivity contribution < 1.29 is 0 Å². The van der Waals surface area contributed by atoms with Crippen LogP contribution in [0.1, 0.15) is 51.5 Å². The van der Waals surface area contributed by atoms with Gasteiger partial charge in [-0.1, -0.05) is 51.5 Å². The Morgan fingerprint density at radius 1 is 1.25 bits per heavy atom. The third-order valence-corrected chi connectivity index (χ3v) is 4.15. The van der Waals surface area contributed by atoms with Crippen molar-refractivity contribution in [3.05, 3.63) is 35.9 Å². The number of rotatable bonds is 2. The van der Waals surface area contributed by atoms with Crippen molar-refractivity contribution in [2.24, 2.45) is 17.8 Å². The molecule has 3 unspecified atom stereocenters. The van der Waals surface area contributed by atoms with E-state index in [0.29, 0.717) is 0 Å². The first kappa shape index (κ1) is 11.7. The van der Waals surface area contributed by atoms with Crippen molar-refractivity contribution in [1.29, 1.82) is 0 Å². The van der Waals surface area contributed by atoms with Gasteiger partial charge in [-0.2, -0.15) is 0 Å². The monoisotopic (exact) mass is 215 g/mol. The zero-order valence-corrected chi connectivity index (χ0v) is 10.7. The highest BCUT2D eigenvalue weighted by atomic mass is 14.4. The molecule has 0 amide bonds. The summed E-state index contributed by atoms with van der Waals surface area (Å²) in [5, 5.41) is 0. The topological polar surface area (TPSA) is 0 Å². The summed E-state index contributed by atoms with van der Waals surface area (Å²) in [7, 11) is 0. The molecule has 0 aromatic heterocycles. The molecule has 1 aliphatic carbocycles. The first-order chi connectivity index (χ1) is 7.68. The maximum atomic E-state index is 3.44. The summed E-state index contributed by atoms with van der Waals surface area (Å²) >= 11 is 0. The van der Waals surface area contributed by atoms with Gasteiger partial charge in [0.25, 0.3) is 0 Å². The minimum absolute atomic E-state index is 0.741. The van der Waals surface area contributed by atoms with Gasteiger partial charge in [-0.25, -0.2) is 0 Å². The smallest absolute Gasteiger partial charge is 0.0122 e. The Balaban J connectivity index is 2.21. The van der Waals surface area contributed by atoms with Crippen molar-refractivity contribution in [3.63, 3.8) is 0 Å². The van der Waals surface area contributed by atoms with Gasteiger partial charge in [0.1, 0.15) is 0 Å². The van der Waals surface area contributed by atoms with Gasteiger partial charge >= 0.3 is 0 Å². The molecule has 0 nitrogen and oxygen atoms in total. The maximum absolute atomic E-state index is 3.44. The van der Waals surface area contributed by atoms with Crippen LogP contribution in [0.4, 0.5) is 0 Å². The molecule has 0 spiro atoms. The summed E-state index contributed by atoms with van der Waals surface area (Å²) in [6.45, 7) is 7.14. The highest BCUT2D eigenvalue weighted by Gasteiger charge is 2.31. The first-order valence-electron chi connectivity index (χ1n) is 6.65. The van der Waals surface area contributed by atoms with Crippen LogP contribution in [0, 0.1) is 23.8 Å². The number of hydrogen-bond acceptors (Lipinski definition) is 0. The van der Waals surface area contributed by atoms with Gasteiger partial charge in [0.2, 0.25) is 0 Å². The zero-order valence-electron chi connectivity index (χ0n) is 10.7. The van der Waals surface area contributed by atoms with Gasteiger partial charge < -0.3 is 0 Å². The fourth-order valence-electron chi connectivity index (χ4n) is 3.20. The largest absolute Gasteiger partial charge is 0.0625 e. The number of hydrogen-bond donors (Lipinski definition) is 0. The fourth-order valence-corrected chi connectivity index (χ4v) is 3.20. The van der Waals surface area contributed by atoms with E-state index in [0.717, 1.165) is 23.7 Å². The lowest BCUT2D eigenvalue weighted by Gasteiger charge is -2.37. The zero-order chi connectivity index (χ0) is 11.5. The van der Waals surface area contributed by atoms with E-state index in [-0.39, 0.29) is 0 Å². The molecule has 0 saturated heterocycles. The van der Waals surface area contributed by atoms with Crippen molar-refractivity contribution in [2.45, 2.75) is 46.0 Å². The Hall–Kier alpha value is -0.780. The van der Waals surface area contributed by atoms with Gasteiger partial charge in [-0.05, 0) is 48.1 Å². The van der Waals surface area contributed by atoms with E-state index in [4.69, 9.17) is 0 Å². The van der Waals surface area contributed by atoms with E-state index in [1.807, 2.05) is 0 Å². The van der Waals surface area contributed by atoms with E-state index < -0.39 is 0 Å². The lowest BCUT2D eigenvalue weighted by Crippen LogP contribution is -2.26. The second-order valence-corrected chi connectivity index (χ2v) is 5.75. The fraction of sp³-hybridized carbons (Fsp3) is 0.625. The second kappa shape index (κ2) is 5.03. The molecular weight excluding hydrogens is 192 g/mol. The SMILES string of the molecule is CC1CCC(C(C)C)C(c2[c]cccc2)C1. The standard InChI is InChI=1S/C16H23/c1-12(2)15-10-9-13(3)11-16(15)14-7-5-4-6-8-14/h4-7,12-13,15-16H,9-11H2,1-3H3. The molecule has 16 heavy (non-hydrogen) atoms. The van der Waals surface area contributed by atoms with Gasteiger partial charge in [0.05, 0.1) is 0 Å². The molecule has 0 heterocycles. The van der Waals surface area contributed by atoms with Crippen LogP contribution in [0.25, 0.3) is 0 Å². The van der Waals surface area contributed by atoms with Gasteiger partial charge in [-0.15, -0.1) is 0 Å². The summed E-state index contributed by atoms with van der Waals surface area (Å²) in [5.41, 5.74) is 1.44. The minimum atomic E-state index is 0.741. The Bertz CT molecular complexity index is 312. The molecule has 0 N–H and O–H groups in total. The molecule has 1 saturated carbocycles. The molecule has 1 aromatic carbocycles. The summed E-state index contributed by atoms with van der Waals surface area (Å²) in [6, 6.07) is 12.0. The Kier molecular flexibility index (Phi) is 3.68. The first-order valence-corrected chi connectivity index (χ1v) is 6.65. The van der Waals surface area contributed by atoms with Crippen LogP contribution in [0.5, 0.6) is 0 Å². The molecule has 0 bridgehead atoms. The molecule has 0 heteroatoms. The van der Waals surface area contributed by atoms with E-state index in [9.17, 15) is 0 Å². The molecule has 87 valence electrons. The Morgan fingerprint density at radius 2 is 2.06 bits per heavy atom. The minimum Gasteiger partial charge on any atom is -0.0625 e. The van der Waals surface area contributed by atoms with Crippen LogP contribution in [0.2, 0.25) is 0 Å². The van der Waals surface area contributed by atoms with Crippen molar-refractivity contribution in [1.82, 2.24) is 0 Å². The molecule has 0 aliphatic heterocycles. The molecule has 2 rings (SSSR count). The van der Waals surface area contributed by atoms with E-state index in [1.165, 1.54) is 24.8 Å². The summed E-state index contributed by atoms with van der Waals surface area (Å²) < 4.78 is 0. The molecule has 1 fully saturated rings. The van der Waals surface area contributed by atoms with Crippen molar-refractivity contribution >= 4 is 0 Å². The third-order valence-electron chi connectivity index (χ3n) is 4.15. The molecule has 3 atom stereocenters. The molecule has 1 aromatic rings. The summed E-state index contributed by atoms with van der Waals surface area (Å²) in [4.78, 5) is 0.